The van der Waals surface area contributed by atoms with Crippen molar-refractivity contribution < 1.29 is 4.74 Å². The smallest absolute Gasteiger partial charge is 0.0758 e. The maximum Gasteiger partial charge on any atom is 0.0758 e. The zero-order valence-electron chi connectivity index (χ0n) is 10.3. The lowest BCUT2D eigenvalue weighted by molar-refractivity contribution is -0.0401. The third-order valence-electron chi connectivity index (χ3n) is 3.37. The fraction of sp³-hybridized carbons (Fsp3) is 0.375. The third kappa shape index (κ3) is 3.31. The van der Waals surface area contributed by atoms with Crippen LogP contribution in [-0.4, -0.2) is 12.2 Å². The lowest BCUT2D eigenvalue weighted by Crippen LogP contribution is -2.34. The fourth-order valence-electron chi connectivity index (χ4n) is 2.35. The molecular formula is C16H20O. The van der Waals surface area contributed by atoms with Gasteiger partial charge in [-0.1, -0.05) is 48.6 Å². The van der Waals surface area contributed by atoms with E-state index >= 15 is 0 Å². The number of rotatable bonds is 5. The molecule has 1 heterocycles. The maximum atomic E-state index is 5.97. The Hall–Kier alpha value is -1.34. The van der Waals surface area contributed by atoms with Crippen LogP contribution in [-0.2, 0) is 11.2 Å². The average Bonchev–Trinajstić information content (AvgIpc) is 2.39. The van der Waals surface area contributed by atoms with Gasteiger partial charge in [0.1, 0.15) is 0 Å². The quantitative estimate of drug-likeness (QED) is 0.694. The third-order valence-corrected chi connectivity index (χ3v) is 3.37. The second kappa shape index (κ2) is 5.83. The first kappa shape index (κ1) is 12.1. The molecule has 0 unspecified atom stereocenters. The summed E-state index contributed by atoms with van der Waals surface area (Å²) in [4.78, 5) is 0. The molecule has 0 aromatic heterocycles. The minimum atomic E-state index is -0.0215. The molecule has 0 radical (unpaired) electrons. The van der Waals surface area contributed by atoms with Crippen LogP contribution in [0.2, 0.25) is 0 Å². The zero-order chi connectivity index (χ0) is 12.0. The normalized spacial score (nSPS) is 23.5. The predicted octanol–water partition coefficient (Wildman–Crippen LogP) is 3.91. The van der Waals surface area contributed by atoms with Crippen molar-refractivity contribution in [2.75, 3.05) is 6.61 Å². The van der Waals surface area contributed by atoms with Crippen molar-refractivity contribution in [2.24, 2.45) is 0 Å². The molecule has 17 heavy (non-hydrogen) atoms. The summed E-state index contributed by atoms with van der Waals surface area (Å²) in [6, 6.07) is 10.6. The summed E-state index contributed by atoms with van der Waals surface area (Å²) >= 11 is 0. The highest BCUT2D eigenvalue weighted by Crippen LogP contribution is 2.30. The summed E-state index contributed by atoms with van der Waals surface area (Å²) in [5.41, 5.74) is 1.36. The van der Waals surface area contributed by atoms with Crippen LogP contribution in [0.3, 0.4) is 0 Å². The van der Waals surface area contributed by atoms with Crippen LogP contribution in [0.15, 0.2) is 55.1 Å². The molecule has 0 N–H and O–H groups in total. The van der Waals surface area contributed by atoms with Gasteiger partial charge in [0, 0.05) is 0 Å². The first-order valence-corrected chi connectivity index (χ1v) is 6.28. The summed E-state index contributed by atoms with van der Waals surface area (Å²) < 4.78 is 5.97. The van der Waals surface area contributed by atoms with E-state index in [1.807, 2.05) is 6.08 Å². The first-order chi connectivity index (χ1) is 8.35. The van der Waals surface area contributed by atoms with Gasteiger partial charge in [0.25, 0.3) is 0 Å². The zero-order valence-corrected chi connectivity index (χ0v) is 10.3. The number of benzene rings is 1. The molecule has 0 saturated carbocycles. The summed E-state index contributed by atoms with van der Waals surface area (Å²) in [5, 5.41) is 0. The van der Waals surface area contributed by atoms with E-state index in [9.17, 15) is 0 Å². The van der Waals surface area contributed by atoms with E-state index < -0.39 is 0 Å². The van der Waals surface area contributed by atoms with Crippen LogP contribution in [0.1, 0.15) is 24.8 Å². The van der Waals surface area contributed by atoms with E-state index in [0.29, 0.717) is 0 Å². The van der Waals surface area contributed by atoms with E-state index in [4.69, 9.17) is 4.74 Å². The van der Waals surface area contributed by atoms with Gasteiger partial charge >= 0.3 is 0 Å². The van der Waals surface area contributed by atoms with Gasteiger partial charge in [-0.25, -0.2) is 0 Å². The van der Waals surface area contributed by atoms with Gasteiger partial charge < -0.3 is 4.74 Å². The molecule has 0 bridgehead atoms. The Morgan fingerprint density at radius 1 is 1.24 bits per heavy atom. The second-order valence-corrected chi connectivity index (χ2v) is 4.65. The standard InChI is InChI=1S/C16H20O/c1-2-11-16(12-6-7-14-17-16)13-10-15-8-4-3-5-9-15/h2-9H,1,10-14H2/t16-/m1/s1. The number of hydrogen-bond donors (Lipinski definition) is 0. The Balaban J connectivity index is 1.98. The molecule has 1 aromatic rings. The van der Waals surface area contributed by atoms with E-state index in [2.05, 4.69) is 49.1 Å². The van der Waals surface area contributed by atoms with Gasteiger partial charge in [-0.2, -0.15) is 0 Å². The molecule has 0 spiro atoms. The van der Waals surface area contributed by atoms with Crippen molar-refractivity contribution in [1.82, 2.24) is 0 Å². The summed E-state index contributed by atoms with van der Waals surface area (Å²) in [6.07, 6.45) is 10.4. The van der Waals surface area contributed by atoms with Crippen molar-refractivity contribution >= 4 is 0 Å². The van der Waals surface area contributed by atoms with Crippen LogP contribution in [0, 0.1) is 0 Å². The molecule has 1 nitrogen and oxygen atoms in total. The topological polar surface area (TPSA) is 9.23 Å². The van der Waals surface area contributed by atoms with Crippen molar-refractivity contribution in [3.8, 4) is 0 Å². The van der Waals surface area contributed by atoms with Gasteiger partial charge in [0.2, 0.25) is 0 Å². The van der Waals surface area contributed by atoms with Crippen molar-refractivity contribution in [3.63, 3.8) is 0 Å². The van der Waals surface area contributed by atoms with Crippen LogP contribution in [0.25, 0.3) is 0 Å². The highest BCUT2D eigenvalue weighted by Gasteiger charge is 2.29. The van der Waals surface area contributed by atoms with Gasteiger partial charge in [0.15, 0.2) is 0 Å². The van der Waals surface area contributed by atoms with Crippen LogP contribution in [0.5, 0.6) is 0 Å². The van der Waals surface area contributed by atoms with Gasteiger partial charge in [-0.15, -0.1) is 6.58 Å². The Labute approximate surface area is 104 Å². The molecule has 1 heteroatoms. The average molecular weight is 228 g/mol. The largest absolute Gasteiger partial charge is 0.370 e. The van der Waals surface area contributed by atoms with Gasteiger partial charge in [0.05, 0.1) is 12.2 Å². The number of aryl methyl sites for hydroxylation is 1. The van der Waals surface area contributed by atoms with Crippen molar-refractivity contribution in [3.05, 3.63) is 60.7 Å². The minimum Gasteiger partial charge on any atom is -0.370 e. The van der Waals surface area contributed by atoms with Crippen molar-refractivity contribution in [2.45, 2.75) is 31.3 Å². The Morgan fingerprint density at radius 2 is 2.06 bits per heavy atom. The second-order valence-electron chi connectivity index (χ2n) is 4.65. The number of hydrogen-bond acceptors (Lipinski definition) is 1. The molecular weight excluding hydrogens is 208 g/mol. The monoisotopic (exact) mass is 228 g/mol. The molecule has 1 aromatic carbocycles. The fourth-order valence-corrected chi connectivity index (χ4v) is 2.35. The summed E-state index contributed by atoms with van der Waals surface area (Å²) in [5.74, 6) is 0. The van der Waals surface area contributed by atoms with E-state index in [-0.39, 0.29) is 5.60 Å². The van der Waals surface area contributed by atoms with Crippen LogP contribution >= 0.6 is 0 Å². The molecule has 1 atom stereocenters. The lowest BCUT2D eigenvalue weighted by atomic mass is 9.87. The predicted molar refractivity (Wildman–Crippen MR) is 72.0 cm³/mol. The Morgan fingerprint density at radius 3 is 2.71 bits per heavy atom. The molecule has 0 saturated heterocycles. The molecule has 0 amide bonds. The summed E-state index contributed by atoms with van der Waals surface area (Å²) in [6.45, 7) is 4.59. The lowest BCUT2D eigenvalue weighted by Gasteiger charge is -2.34. The highest BCUT2D eigenvalue weighted by atomic mass is 16.5. The molecule has 1 aliphatic heterocycles. The molecule has 1 aliphatic rings. The molecule has 2 rings (SSSR count). The van der Waals surface area contributed by atoms with Crippen LogP contribution in [0.4, 0.5) is 0 Å². The molecule has 0 aliphatic carbocycles. The van der Waals surface area contributed by atoms with Crippen LogP contribution < -0.4 is 0 Å². The Kier molecular flexibility index (Phi) is 4.16. The van der Waals surface area contributed by atoms with Gasteiger partial charge in [-0.3, -0.25) is 0 Å². The highest BCUT2D eigenvalue weighted by molar-refractivity contribution is 5.15. The van der Waals surface area contributed by atoms with E-state index in [1.54, 1.807) is 0 Å². The Bertz CT molecular complexity index is 380. The summed E-state index contributed by atoms with van der Waals surface area (Å²) in [7, 11) is 0. The van der Waals surface area contributed by atoms with E-state index in [1.165, 1.54) is 5.56 Å². The minimum absolute atomic E-state index is 0.0215. The SMILES string of the molecule is C=CC[C@]1(CCc2ccccc2)CC=CCO1. The molecule has 90 valence electrons. The first-order valence-electron chi connectivity index (χ1n) is 6.28. The number of ether oxygens (including phenoxy) is 1. The van der Waals surface area contributed by atoms with Gasteiger partial charge in [-0.05, 0) is 31.2 Å². The van der Waals surface area contributed by atoms with Crippen molar-refractivity contribution in [1.29, 1.82) is 0 Å². The molecule has 0 fully saturated rings. The van der Waals surface area contributed by atoms with E-state index in [0.717, 1.165) is 32.3 Å². The maximum absolute atomic E-state index is 5.97.